The van der Waals surface area contributed by atoms with E-state index in [1.165, 1.54) is 0 Å². The van der Waals surface area contributed by atoms with Gasteiger partial charge in [0.05, 0.1) is 0 Å². The molecule has 2 aliphatic rings. The van der Waals surface area contributed by atoms with Gasteiger partial charge in [0.1, 0.15) is 5.78 Å². The number of rotatable bonds is 2. The third-order valence-electron chi connectivity index (χ3n) is 4.70. The van der Waals surface area contributed by atoms with E-state index >= 15 is 0 Å². The Morgan fingerprint density at radius 2 is 2.05 bits per heavy atom. The second-order valence-corrected chi connectivity index (χ2v) is 6.95. The smallest absolute Gasteiger partial charge is 0.254 e. The van der Waals surface area contributed by atoms with E-state index in [-0.39, 0.29) is 17.9 Å². The Kier molecular flexibility index (Phi) is 4.43. The summed E-state index contributed by atoms with van der Waals surface area (Å²) in [6.07, 6.45) is 5.75. The Morgan fingerprint density at radius 3 is 2.81 bits per heavy atom. The Morgan fingerprint density at radius 1 is 1.19 bits per heavy atom. The van der Waals surface area contributed by atoms with Gasteiger partial charge in [-0.25, -0.2) is 0 Å². The van der Waals surface area contributed by atoms with Crippen LogP contribution in [0.3, 0.4) is 0 Å². The fourth-order valence-electron chi connectivity index (χ4n) is 3.67. The number of likely N-dealkylation sites (tertiary alicyclic amines) is 1. The lowest BCUT2D eigenvalue weighted by Crippen LogP contribution is -2.43. The lowest BCUT2D eigenvalue weighted by atomic mass is 9.81. The summed E-state index contributed by atoms with van der Waals surface area (Å²) in [4.78, 5) is 26.9. The lowest BCUT2D eigenvalue weighted by Gasteiger charge is -2.33. The standard InChI is InChI=1S/C17H20BrNO2/c18-13-6-3-5-12(11-13)17(21)19-10-4-8-15(19)14-7-1-2-9-16(14)20/h3,5-6,11,14-15H,1-2,4,7-10H2/t14-,15+/m1/s1. The molecule has 0 N–H and O–H groups in total. The normalized spacial score (nSPS) is 26.1. The summed E-state index contributed by atoms with van der Waals surface area (Å²) in [6.45, 7) is 0.778. The third-order valence-corrected chi connectivity index (χ3v) is 5.19. The number of nitrogens with zero attached hydrogens (tertiary/aromatic N) is 1. The molecule has 0 spiro atoms. The fourth-order valence-corrected chi connectivity index (χ4v) is 4.07. The molecule has 3 nitrogen and oxygen atoms in total. The first-order chi connectivity index (χ1) is 10.2. The predicted molar refractivity (Wildman–Crippen MR) is 85.2 cm³/mol. The minimum atomic E-state index is 0.0668. The maximum absolute atomic E-state index is 12.8. The molecule has 2 fully saturated rings. The third kappa shape index (κ3) is 3.05. The average molecular weight is 350 g/mol. The van der Waals surface area contributed by atoms with Crippen molar-refractivity contribution in [3.05, 3.63) is 34.3 Å². The van der Waals surface area contributed by atoms with Gasteiger partial charge in [-0.3, -0.25) is 9.59 Å². The number of hydrogen-bond acceptors (Lipinski definition) is 2. The molecule has 1 amide bonds. The highest BCUT2D eigenvalue weighted by Gasteiger charge is 2.39. The molecule has 1 heterocycles. The Bertz CT molecular complexity index is 557. The summed E-state index contributed by atoms with van der Waals surface area (Å²) in [5.74, 6) is 0.495. The van der Waals surface area contributed by atoms with Crippen molar-refractivity contribution in [1.29, 1.82) is 0 Å². The first kappa shape index (κ1) is 14.8. The highest BCUT2D eigenvalue weighted by molar-refractivity contribution is 9.10. The summed E-state index contributed by atoms with van der Waals surface area (Å²) in [5.41, 5.74) is 0.708. The molecule has 1 aliphatic carbocycles. The van der Waals surface area contributed by atoms with Crippen molar-refractivity contribution >= 4 is 27.6 Å². The van der Waals surface area contributed by atoms with Crippen LogP contribution in [0.4, 0.5) is 0 Å². The van der Waals surface area contributed by atoms with Gasteiger partial charge in [-0.05, 0) is 43.9 Å². The van der Waals surface area contributed by atoms with Crippen LogP contribution in [-0.2, 0) is 4.79 Å². The van der Waals surface area contributed by atoms with Gasteiger partial charge in [0.15, 0.2) is 0 Å². The zero-order valence-electron chi connectivity index (χ0n) is 12.1. The summed E-state index contributed by atoms with van der Waals surface area (Å²) in [5, 5.41) is 0. The molecule has 1 saturated heterocycles. The minimum absolute atomic E-state index is 0.0668. The Hall–Kier alpha value is -1.16. The van der Waals surface area contributed by atoms with Crippen LogP contribution in [0.5, 0.6) is 0 Å². The molecule has 1 aliphatic heterocycles. The average Bonchev–Trinajstić information content (AvgIpc) is 2.96. The summed E-state index contributed by atoms with van der Waals surface area (Å²) in [7, 11) is 0. The van der Waals surface area contributed by atoms with Gasteiger partial charge in [0.25, 0.3) is 5.91 Å². The van der Waals surface area contributed by atoms with Gasteiger partial charge in [-0.15, -0.1) is 0 Å². The molecule has 1 aromatic carbocycles. The number of carbonyl (C=O) groups excluding carboxylic acids is 2. The largest absolute Gasteiger partial charge is 0.335 e. The van der Waals surface area contributed by atoms with Gasteiger partial charge in [0, 0.05) is 35.0 Å². The molecule has 3 rings (SSSR count). The zero-order valence-corrected chi connectivity index (χ0v) is 13.6. The zero-order chi connectivity index (χ0) is 14.8. The number of benzene rings is 1. The molecule has 21 heavy (non-hydrogen) atoms. The van der Waals surface area contributed by atoms with E-state index in [1.807, 2.05) is 29.2 Å². The van der Waals surface area contributed by atoms with E-state index < -0.39 is 0 Å². The highest BCUT2D eigenvalue weighted by atomic mass is 79.9. The number of hydrogen-bond donors (Lipinski definition) is 0. The molecule has 2 atom stereocenters. The van der Waals surface area contributed by atoms with Crippen molar-refractivity contribution in [2.45, 2.75) is 44.6 Å². The number of ketones is 1. The van der Waals surface area contributed by atoms with E-state index in [2.05, 4.69) is 15.9 Å². The first-order valence-electron chi connectivity index (χ1n) is 7.76. The molecular weight excluding hydrogens is 330 g/mol. The van der Waals surface area contributed by atoms with Crippen LogP contribution in [-0.4, -0.2) is 29.2 Å². The minimum Gasteiger partial charge on any atom is -0.335 e. The van der Waals surface area contributed by atoms with Crippen LogP contribution in [0.15, 0.2) is 28.7 Å². The van der Waals surface area contributed by atoms with Gasteiger partial charge >= 0.3 is 0 Å². The van der Waals surface area contributed by atoms with E-state index in [1.54, 1.807) is 0 Å². The SMILES string of the molecule is O=C1CCCC[C@@H]1[C@@H]1CCCN1C(=O)c1cccc(Br)c1. The molecule has 0 aromatic heterocycles. The molecule has 4 heteroatoms. The predicted octanol–water partition coefficient (Wildman–Crippen LogP) is 3.81. The molecular formula is C17H20BrNO2. The second kappa shape index (κ2) is 6.30. The van der Waals surface area contributed by atoms with Crippen LogP contribution < -0.4 is 0 Å². The quantitative estimate of drug-likeness (QED) is 0.813. The highest BCUT2D eigenvalue weighted by Crippen LogP contribution is 2.33. The van der Waals surface area contributed by atoms with E-state index in [9.17, 15) is 9.59 Å². The van der Waals surface area contributed by atoms with Crippen molar-refractivity contribution in [3.8, 4) is 0 Å². The van der Waals surface area contributed by atoms with Crippen LogP contribution in [0.1, 0.15) is 48.9 Å². The van der Waals surface area contributed by atoms with E-state index in [0.29, 0.717) is 17.8 Å². The van der Waals surface area contributed by atoms with Crippen molar-refractivity contribution in [2.75, 3.05) is 6.54 Å². The first-order valence-corrected chi connectivity index (χ1v) is 8.55. The maximum atomic E-state index is 12.8. The second-order valence-electron chi connectivity index (χ2n) is 6.04. The molecule has 1 saturated carbocycles. The summed E-state index contributed by atoms with van der Waals surface area (Å²) < 4.78 is 0.915. The summed E-state index contributed by atoms with van der Waals surface area (Å²) >= 11 is 3.42. The van der Waals surface area contributed by atoms with Crippen LogP contribution in [0.2, 0.25) is 0 Å². The topological polar surface area (TPSA) is 37.4 Å². The fraction of sp³-hybridized carbons (Fsp3) is 0.529. The van der Waals surface area contributed by atoms with Crippen molar-refractivity contribution < 1.29 is 9.59 Å². The number of Topliss-reactive ketones (excluding diaryl/α,β-unsaturated/α-hetero) is 1. The van der Waals surface area contributed by atoms with Crippen LogP contribution in [0.25, 0.3) is 0 Å². The number of carbonyl (C=O) groups is 2. The van der Waals surface area contributed by atoms with Crippen LogP contribution >= 0.6 is 15.9 Å². The van der Waals surface area contributed by atoms with Crippen molar-refractivity contribution in [3.63, 3.8) is 0 Å². The molecule has 0 bridgehead atoms. The maximum Gasteiger partial charge on any atom is 0.254 e. The molecule has 0 radical (unpaired) electrons. The van der Waals surface area contributed by atoms with Crippen molar-refractivity contribution in [1.82, 2.24) is 4.90 Å². The van der Waals surface area contributed by atoms with Gasteiger partial charge < -0.3 is 4.90 Å². The monoisotopic (exact) mass is 349 g/mol. The van der Waals surface area contributed by atoms with Gasteiger partial charge in [0.2, 0.25) is 0 Å². The number of amides is 1. The molecule has 112 valence electrons. The molecule has 1 aromatic rings. The molecule has 0 unspecified atom stereocenters. The van der Waals surface area contributed by atoms with E-state index in [4.69, 9.17) is 0 Å². The van der Waals surface area contributed by atoms with Gasteiger partial charge in [-0.2, -0.15) is 0 Å². The van der Waals surface area contributed by atoms with Gasteiger partial charge in [-0.1, -0.05) is 28.4 Å². The van der Waals surface area contributed by atoms with Crippen molar-refractivity contribution in [2.24, 2.45) is 5.92 Å². The Labute approximate surface area is 133 Å². The summed E-state index contributed by atoms with van der Waals surface area (Å²) in [6, 6.07) is 7.63. The lowest BCUT2D eigenvalue weighted by molar-refractivity contribution is -0.126. The van der Waals surface area contributed by atoms with Crippen LogP contribution in [0, 0.1) is 5.92 Å². The number of halogens is 1. The van der Waals surface area contributed by atoms with E-state index in [0.717, 1.165) is 43.1 Å². The Balaban J connectivity index is 1.80.